The van der Waals surface area contributed by atoms with Gasteiger partial charge in [0.15, 0.2) is 5.76 Å². The first-order chi connectivity index (χ1) is 22.7. The molecule has 2 aliphatic carbocycles. The summed E-state index contributed by atoms with van der Waals surface area (Å²) in [6.07, 6.45) is 15.0. The SMILES string of the molecule is COC1=COc2c(c3c(c4c5c(ccc24)=CCCC5)=CC2(c4ccccc4)C(C=3)C(c3ccccc3)N(C)C2c2ccccc2)=C1. The number of methoxy groups -OCH3 is 1. The lowest BCUT2D eigenvalue weighted by molar-refractivity contribution is 0.228. The average molecular weight is 600 g/mol. The van der Waals surface area contributed by atoms with Gasteiger partial charge >= 0.3 is 0 Å². The monoisotopic (exact) mass is 599 g/mol. The third kappa shape index (κ3) is 3.88. The van der Waals surface area contributed by atoms with Gasteiger partial charge in [0.1, 0.15) is 12.0 Å². The van der Waals surface area contributed by atoms with Gasteiger partial charge in [-0.05, 0) is 81.7 Å². The van der Waals surface area contributed by atoms with Crippen LogP contribution in [0.4, 0.5) is 0 Å². The molecular weight excluding hydrogens is 562 g/mol. The number of likely N-dealkylation sites (tertiary alicyclic amines) is 1. The van der Waals surface area contributed by atoms with Crippen molar-refractivity contribution in [3.8, 4) is 5.75 Å². The van der Waals surface area contributed by atoms with Gasteiger partial charge in [-0.25, -0.2) is 0 Å². The number of benzene rings is 5. The summed E-state index contributed by atoms with van der Waals surface area (Å²) >= 11 is 0. The van der Waals surface area contributed by atoms with Crippen molar-refractivity contribution in [1.29, 1.82) is 0 Å². The molecule has 4 aliphatic rings. The van der Waals surface area contributed by atoms with Crippen molar-refractivity contribution in [2.24, 2.45) is 5.92 Å². The van der Waals surface area contributed by atoms with Crippen LogP contribution in [-0.4, -0.2) is 19.1 Å². The van der Waals surface area contributed by atoms with E-state index in [0.29, 0.717) is 0 Å². The van der Waals surface area contributed by atoms with E-state index in [-0.39, 0.29) is 23.4 Å². The Hall–Kier alpha value is -4.86. The van der Waals surface area contributed by atoms with Crippen LogP contribution in [0.2, 0.25) is 0 Å². The molecule has 226 valence electrons. The summed E-state index contributed by atoms with van der Waals surface area (Å²) in [6.45, 7) is 0. The second-order valence-electron chi connectivity index (χ2n) is 13.2. The molecule has 5 aromatic rings. The van der Waals surface area contributed by atoms with Crippen molar-refractivity contribution in [3.05, 3.63) is 158 Å². The molecule has 46 heavy (non-hydrogen) atoms. The number of rotatable bonds is 4. The van der Waals surface area contributed by atoms with Crippen LogP contribution >= 0.6 is 0 Å². The quantitative estimate of drug-likeness (QED) is 0.247. The molecular formula is C43H37NO2. The number of hydrogen-bond acceptors (Lipinski definition) is 3. The maximum Gasteiger partial charge on any atom is 0.154 e. The summed E-state index contributed by atoms with van der Waals surface area (Å²) in [5, 5.41) is 7.57. The van der Waals surface area contributed by atoms with Gasteiger partial charge in [-0.1, -0.05) is 115 Å². The van der Waals surface area contributed by atoms with Crippen molar-refractivity contribution in [1.82, 2.24) is 4.90 Å². The number of fused-ring (bicyclic) bond motifs is 9. The predicted molar refractivity (Wildman–Crippen MR) is 187 cm³/mol. The topological polar surface area (TPSA) is 21.7 Å². The second kappa shape index (κ2) is 10.6. The number of nitrogens with zero attached hydrogens (tertiary/aromatic N) is 1. The zero-order valence-electron chi connectivity index (χ0n) is 26.3. The molecule has 0 N–H and O–H groups in total. The van der Waals surface area contributed by atoms with Gasteiger partial charge < -0.3 is 9.47 Å². The highest BCUT2D eigenvalue weighted by Crippen LogP contribution is 2.61. The number of likely N-dealkylation sites (N-methyl/N-ethyl adjacent to an activating group) is 1. The smallest absolute Gasteiger partial charge is 0.154 e. The lowest BCUT2D eigenvalue weighted by Gasteiger charge is -2.40. The highest BCUT2D eigenvalue weighted by Gasteiger charge is 2.58. The molecule has 0 spiro atoms. The van der Waals surface area contributed by atoms with E-state index in [4.69, 9.17) is 9.47 Å². The van der Waals surface area contributed by atoms with Gasteiger partial charge in [-0.2, -0.15) is 0 Å². The van der Waals surface area contributed by atoms with Gasteiger partial charge in [0.2, 0.25) is 0 Å². The van der Waals surface area contributed by atoms with Crippen LogP contribution in [0.5, 0.6) is 5.75 Å². The van der Waals surface area contributed by atoms with E-state index in [9.17, 15) is 0 Å². The Morgan fingerprint density at radius 1 is 0.804 bits per heavy atom. The van der Waals surface area contributed by atoms with E-state index < -0.39 is 0 Å². The summed E-state index contributed by atoms with van der Waals surface area (Å²) in [4.78, 5) is 2.64. The maximum absolute atomic E-state index is 6.47. The fourth-order valence-corrected chi connectivity index (χ4v) is 9.12. The fourth-order valence-electron chi connectivity index (χ4n) is 9.12. The van der Waals surface area contributed by atoms with E-state index in [1.165, 1.54) is 55.1 Å². The van der Waals surface area contributed by atoms with Gasteiger partial charge in [-0.3, -0.25) is 4.90 Å². The van der Waals surface area contributed by atoms with Crippen LogP contribution in [0.25, 0.3) is 35.1 Å². The van der Waals surface area contributed by atoms with Crippen molar-refractivity contribution >= 4 is 35.1 Å². The van der Waals surface area contributed by atoms with Gasteiger partial charge in [0.05, 0.1) is 7.11 Å². The van der Waals surface area contributed by atoms with Crippen molar-refractivity contribution in [2.45, 2.75) is 36.8 Å². The Bertz CT molecular complexity index is 2280. The molecule has 0 aromatic heterocycles. The first-order valence-corrected chi connectivity index (χ1v) is 16.5. The fraction of sp³-hybridized carbons (Fsp3) is 0.209. The molecule has 3 heteroatoms. The van der Waals surface area contributed by atoms with Crippen LogP contribution in [0.1, 0.15) is 47.2 Å². The minimum Gasteiger partial charge on any atom is -0.493 e. The summed E-state index contributed by atoms with van der Waals surface area (Å²) in [7, 11) is 4.05. The van der Waals surface area contributed by atoms with Crippen LogP contribution in [-0.2, 0) is 16.6 Å². The molecule has 0 amide bonds. The molecule has 2 aliphatic heterocycles. The summed E-state index contributed by atoms with van der Waals surface area (Å²) < 4.78 is 12.2. The molecule has 2 heterocycles. The normalized spacial score (nSPS) is 24.4. The van der Waals surface area contributed by atoms with E-state index in [2.05, 4.69) is 139 Å². The number of aryl methyl sites for hydroxylation is 1. The minimum absolute atomic E-state index is 0.113. The number of ether oxygens (including phenoxy) is 2. The highest BCUT2D eigenvalue weighted by molar-refractivity contribution is 5.94. The molecule has 1 saturated heterocycles. The largest absolute Gasteiger partial charge is 0.493 e. The van der Waals surface area contributed by atoms with Crippen LogP contribution in [0.15, 0.2) is 115 Å². The molecule has 9 rings (SSSR count). The van der Waals surface area contributed by atoms with Crippen LogP contribution in [0.3, 0.4) is 0 Å². The zero-order valence-corrected chi connectivity index (χ0v) is 26.3. The van der Waals surface area contributed by atoms with E-state index in [1.807, 2.05) is 0 Å². The van der Waals surface area contributed by atoms with Crippen LogP contribution in [0, 0.1) is 5.92 Å². The first kappa shape index (κ1) is 27.5. The maximum atomic E-state index is 6.47. The van der Waals surface area contributed by atoms with Gasteiger partial charge in [0.25, 0.3) is 0 Å². The first-order valence-electron chi connectivity index (χ1n) is 16.5. The summed E-state index contributed by atoms with van der Waals surface area (Å²) in [5.41, 5.74) is 5.13. The Labute approximate surface area is 269 Å². The van der Waals surface area contributed by atoms with Crippen molar-refractivity contribution < 1.29 is 9.47 Å². The predicted octanol–water partition coefficient (Wildman–Crippen LogP) is 6.17. The molecule has 0 bridgehead atoms. The Balaban J connectivity index is 1.50. The molecule has 3 nitrogen and oxygen atoms in total. The molecule has 5 aromatic carbocycles. The standard InChI is InChI=1S/C43H37NO2/c1-44-40(29-15-6-3-7-16-29)38-25-35-36-24-32(45-2)27-46-41(36)34-23-22-28-14-12-13-21-33(28)39(34)37(35)26-43(38,31-19-10-5-11-20-31)42(44)30-17-8-4-9-18-30/h3-11,14-20,22-27,38,40,42H,12-13,21H2,1-2H3. The van der Waals surface area contributed by atoms with E-state index >= 15 is 0 Å². The van der Waals surface area contributed by atoms with Gasteiger partial charge in [0, 0.05) is 34.0 Å². The second-order valence-corrected chi connectivity index (χ2v) is 13.2. The zero-order chi connectivity index (χ0) is 30.8. The molecule has 0 saturated carbocycles. The Morgan fingerprint density at radius 3 is 2.26 bits per heavy atom. The lowest BCUT2D eigenvalue weighted by atomic mass is 9.62. The molecule has 1 fully saturated rings. The van der Waals surface area contributed by atoms with E-state index in [1.54, 1.807) is 13.4 Å². The van der Waals surface area contributed by atoms with Crippen molar-refractivity contribution in [2.75, 3.05) is 14.2 Å². The summed E-state index contributed by atoms with van der Waals surface area (Å²) in [6, 6.07) is 38.3. The minimum atomic E-state index is -0.331. The highest BCUT2D eigenvalue weighted by atomic mass is 16.5. The third-order valence-corrected chi connectivity index (χ3v) is 10.9. The summed E-state index contributed by atoms with van der Waals surface area (Å²) in [5.74, 6) is 1.82. The molecule has 4 atom stereocenters. The Kier molecular flexibility index (Phi) is 6.33. The van der Waals surface area contributed by atoms with E-state index in [0.717, 1.165) is 29.6 Å². The van der Waals surface area contributed by atoms with Gasteiger partial charge in [-0.15, -0.1) is 0 Å². The van der Waals surface area contributed by atoms with Crippen molar-refractivity contribution in [3.63, 3.8) is 0 Å². The number of hydrogen-bond donors (Lipinski definition) is 0. The lowest BCUT2D eigenvalue weighted by Crippen LogP contribution is -2.50. The van der Waals surface area contributed by atoms with Crippen LogP contribution < -0.4 is 25.6 Å². The average Bonchev–Trinajstić information content (AvgIpc) is 3.39. The number of allylic oxidation sites excluding steroid dienone is 1. The molecule has 4 unspecified atom stereocenters. The third-order valence-electron chi connectivity index (χ3n) is 10.9. The molecule has 0 radical (unpaired) electrons. The Morgan fingerprint density at radius 2 is 1.52 bits per heavy atom.